The van der Waals surface area contributed by atoms with Gasteiger partial charge in [0.1, 0.15) is 6.61 Å². The van der Waals surface area contributed by atoms with Gasteiger partial charge in [0.15, 0.2) is 5.78 Å². The number of ether oxygens (including phenoxy) is 1. The molecule has 0 unspecified atom stereocenters. The average Bonchev–Trinajstić information content (AvgIpc) is 3.00. The summed E-state index contributed by atoms with van der Waals surface area (Å²) in [7, 11) is 1.55. The second kappa shape index (κ2) is 3.66. The third-order valence-corrected chi connectivity index (χ3v) is 3.02. The van der Waals surface area contributed by atoms with Gasteiger partial charge in [-0.15, -0.1) is 0 Å². The molecule has 1 aliphatic rings. The Morgan fingerprint density at radius 1 is 1.40 bits per heavy atom. The fourth-order valence-electron chi connectivity index (χ4n) is 1.92. The summed E-state index contributed by atoms with van der Waals surface area (Å²) in [5, 5.41) is 0. The molecule has 1 aromatic rings. The number of anilines is 1. The molecule has 0 spiro atoms. The van der Waals surface area contributed by atoms with E-state index in [0.717, 1.165) is 24.1 Å². The summed E-state index contributed by atoms with van der Waals surface area (Å²) in [6.07, 6.45) is 1.86. The largest absolute Gasteiger partial charge is 0.399 e. The Morgan fingerprint density at radius 2 is 2.00 bits per heavy atom. The molecule has 0 aliphatic heterocycles. The molecule has 1 saturated carbocycles. The fourth-order valence-corrected chi connectivity index (χ4v) is 1.92. The van der Waals surface area contributed by atoms with Gasteiger partial charge < -0.3 is 10.5 Å². The maximum Gasteiger partial charge on any atom is 0.168 e. The number of carbonyl (C=O) groups excluding carboxylic acids is 1. The van der Waals surface area contributed by atoms with Crippen molar-refractivity contribution in [2.24, 2.45) is 0 Å². The van der Waals surface area contributed by atoms with Crippen molar-refractivity contribution in [1.82, 2.24) is 0 Å². The number of rotatable bonds is 4. The van der Waals surface area contributed by atoms with E-state index in [1.807, 2.05) is 24.3 Å². The quantitative estimate of drug-likeness (QED) is 0.758. The molecule has 0 aromatic heterocycles. The number of hydrogen-bond donors (Lipinski definition) is 1. The Bertz CT molecular complexity index is 366. The topological polar surface area (TPSA) is 52.3 Å². The Balaban J connectivity index is 2.22. The summed E-state index contributed by atoms with van der Waals surface area (Å²) in [5.41, 5.74) is 7.14. The molecule has 2 N–H and O–H groups in total. The third-order valence-electron chi connectivity index (χ3n) is 3.02. The Hall–Kier alpha value is -1.35. The SMILES string of the molecule is COCC(=O)C1(c2ccc(N)cc2)CC1. The smallest absolute Gasteiger partial charge is 0.168 e. The van der Waals surface area contributed by atoms with Crippen LogP contribution in [-0.4, -0.2) is 19.5 Å². The predicted molar refractivity (Wildman–Crippen MR) is 58.6 cm³/mol. The molecular formula is C12H15NO2. The second-order valence-electron chi connectivity index (χ2n) is 4.06. The molecule has 0 atom stereocenters. The monoisotopic (exact) mass is 205 g/mol. The molecule has 0 amide bonds. The molecule has 3 nitrogen and oxygen atoms in total. The van der Waals surface area contributed by atoms with Crippen LogP contribution in [0, 0.1) is 0 Å². The molecule has 1 aromatic carbocycles. The van der Waals surface area contributed by atoms with Crippen molar-refractivity contribution in [1.29, 1.82) is 0 Å². The van der Waals surface area contributed by atoms with Crippen LogP contribution in [0.3, 0.4) is 0 Å². The van der Waals surface area contributed by atoms with E-state index >= 15 is 0 Å². The van der Waals surface area contributed by atoms with Crippen molar-refractivity contribution in [3.63, 3.8) is 0 Å². The van der Waals surface area contributed by atoms with Crippen molar-refractivity contribution in [2.75, 3.05) is 19.5 Å². The second-order valence-corrected chi connectivity index (χ2v) is 4.06. The molecule has 0 saturated heterocycles. The van der Waals surface area contributed by atoms with Gasteiger partial charge in [-0.25, -0.2) is 0 Å². The summed E-state index contributed by atoms with van der Waals surface area (Å²) in [6, 6.07) is 7.57. The molecule has 1 fully saturated rings. The highest BCUT2D eigenvalue weighted by Crippen LogP contribution is 2.49. The highest BCUT2D eigenvalue weighted by Gasteiger charge is 2.50. The standard InChI is InChI=1S/C12H15NO2/c1-15-8-11(14)12(6-7-12)9-2-4-10(13)5-3-9/h2-5H,6-8,13H2,1H3. The molecule has 3 heteroatoms. The lowest BCUT2D eigenvalue weighted by Gasteiger charge is -2.13. The van der Waals surface area contributed by atoms with E-state index in [0.29, 0.717) is 0 Å². The highest BCUT2D eigenvalue weighted by atomic mass is 16.5. The molecule has 0 bridgehead atoms. The van der Waals surface area contributed by atoms with Crippen molar-refractivity contribution < 1.29 is 9.53 Å². The van der Waals surface area contributed by atoms with Gasteiger partial charge in [-0.3, -0.25) is 4.79 Å². The van der Waals surface area contributed by atoms with E-state index in [1.165, 1.54) is 0 Å². The minimum absolute atomic E-state index is 0.176. The van der Waals surface area contributed by atoms with Crippen LogP contribution < -0.4 is 5.73 Å². The zero-order valence-corrected chi connectivity index (χ0v) is 8.82. The minimum atomic E-state index is -0.274. The zero-order valence-electron chi connectivity index (χ0n) is 8.82. The lowest BCUT2D eigenvalue weighted by atomic mass is 9.91. The lowest BCUT2D eigenvalue weighted by molar-refractivity contribution is -0.125. The molecule has 15 heavy (non-hydrogen) atoms. The third kappa shape index (κ3) is 1.75. The summed E-state index contributed by atoms with van der Waals surface area (Å²) < 4.78 is 4.90. The Morgan fingerprint density at radius 3 is 2.47 bits per heavy atom. The number of ketones is 1. The van der Waals surface area contributed by atoms with Crippen LogP contribution in [0.2, 0.25) is 0 Å². The van der Waals surface area contributed by atoms with Crippen LogP contribution in [0.1, 0.15) is 18.4 Å². The predicted octanol–water partition coefficient (Wildman–Crippen LogP) is 1.52. The van der Waals surface area contributed by atoms with Gasteiger partial charge in [0.25, 0.3) is 0 Å². The number of benzene rings is 1. The van der Waals surface area contributed by atoms with Crippen LogP contribution in [-0.2, 0) is 14.9 Å². The van der Waals surface area contributed by atoms with E-state index in [4.69, 9.17) is 10.5 Å². The van der Waals surface area contributed by atoms with E-state index in [9.17, 15) is 4.79 Å². The van der Waals surface area contributed by atoms with Crippen LogP contribution >= 0.6 is 0 Å². The van der Waals surface area contributed by atoms with Gasteiger partial charge in [0.05, 0.1) is 5.41 Å². The number of hydrogen-bond acceptors (Lipinski definition) is 3. The Kier molecular flexibility index (Phi) is 2.49. The van der Waals surface area contributed by atoms with Gasteiger partial charge in [-0.1, -0.05) is 12.1 Å². The summed E-state index contributed by atoms with van der Waals surface area (Å²) in [5.74, 6) is 0.176. The van der Waals surface area contributed by atoms with Gasteiger partial charge >= 0.3 is 0 Å². The van der Waals surface area contributed by atoms with Gasteiger partial charge in [-0.05, 0) is 30.5 Å². The fraction of sp³-hybridized carbons (Fsp3) is 0.417. The summed E-state index contributed by atoms with van der Waals surface area (Å²) in [6.45, 7) is 0.199. The number of nitrogen functional groups attached to an aromatic ring is 1. The number of carbonyl (C=O) groups is 1. The maximum atomic E-state index is 11.9. The van der Waals surface area contributed by atoms with Crippen LogP contribution in [0.15, 0.2) is 24.3 Å². The van der Waals surface area contributed by atoms with Crippen molar-refractivity contribution in [2.45, 2.75) is 18.3 Å². The number of methoxy groups -OCH3 is 1. The van der Waals surface area contributed by atoms with Crippen molar-refractivity contribution in [3.05, 3.63) is 29.8 Å². The first-order valence-electron chi connectivity index (χ1n) is 5.07. The first-order valence-corrected chi connectivity index (χ1v) is 5.07. The van der Waals surface area contributed by atoms with E-state index in [2.05, 4.69) is 0 Å². The van der Waals surface area contributed by atoms with Crippen LogP contribution in [0.5, 0.6) is 0 Å². The molecule has 0 radical (unpaired) electrons. The normalized spacial score (nSPS) is 17.4. The van der Waals surface area contributed by atoms with Crippen molar-refractivity contribution in [3.8, 4) is 0 Å². The first-order chi connectivity index (χ1) is 7.19. The molecular weight excluding hydrogens is 190 g/mol. The van der Waals surface area contributed by atoms with Gasteiger partial charge in [-0.2, -0.15) is 0 Å². The van der Waals surface area contributed by atoms with E-state index in [1.54, 1.807) is 7.11 Å². The summed E-state index contributed by atoms with van der Waals surface area (Å²) in [4.78, 5) is 11.9. The first kappa shape index (κ1) is 10.2. The minimum Gasteiger partial charge on any atom is -0.399 e. The lowest BCUT2D eigenvalue weighted by Crippen LogP contribution is -2.24. The molecule has 0 heterocycles. The van der Waals surface area contributed by atoms with Gasteiger partial charge in [0, 0.05) is 12.8 Å². The zero-order chi connectivity index (χ0) is 10.9. The van der Waals surface area contributed by atoms with Crippen LogP contribution in [0.25, 0.3) is 0 Å². The molecule has 1 aliphatic carbocycles. The number of Topliss-reactive ketones (excluding diaryl/α,β-unsaturated/α-hetero) is 1. The van der Waals surface area contributed by atoms with Crippen LogP contribution in [0.4, 0.5) is 5.69 Å². The van der Waals surface area contributed by atoms with Crippen molar-refractivity contribution >= 4 is 11.5 Å². The molecule has 80 valence electrons. The van der Waals surface area contributed by atoms with E-state index in [-0.39, 0.29) is 17.8 Å². The highest BCUT2D eigenvalue weighted by molar-refractivity contribution is 5.94. The summed E-state index contributed by atoms with van der Waals surface area (Å²) >= 11 is 0. The van der Waals surface area contributed by atoms with E-state index < -0.39 is 0 Å². The average molecular weight is 205 g/mol. The number of nitrogens with two attached hydrogens (primary N) is 1. The maximum absolute atomic E-state index is 11.9. The van der Waals surface area contributed by atoms with Gasteiger partial charge in [0.2, 0.25) is 0 Å². The Labute approximate surface area is 89.2 Å². The molecule has 2 rings (SSSR count).